The molecule has 1 aliphatic rings. The van der Waals surface area contributed by atoms with Gasteiger partial charge in [0.1, 0.15) is 11.3 Å². The Labute approximate surface area is 226 Å². The number of benzene rings is 2. The molecule has 3 heterocycles. The van der Waals surface area contributed by atoms with Gasteiger partial charge in [0.15, 0.2) is 11.5 Å². The smallest absolute Gasteiger partial charge is 0.265 e. The van der Waals surface area contributed by atoms with Crippen LogP contribution in [0.15, 0.2) is 53.6 Å². The Hall–Kier alpha value is -4.05. The number of nitrogens with zero attached hydrogens (tertiary/aromatic N) is 5. The molecule has 8 nitrogen and oxygen atoms in total. The van der Waals surface area contributed by atoms with Gasteiger partial charge in [-0.2, -0.15) is 0 Å². The van der Waals surface area contributed by atoms with Gasteiger partial charge in [0.25, 0.3) is 5.92 Å². The molecular weight excluding hydrogens is 498 g/mol. The second kappa shape index (κ2) is 10.6. The quantitative estimate of drug-likeness (QED) is 0.138. The number of alkyl halides is 2. The third-order valence-corrected chi connectivity index (χ3v) is 7.24. The number of imidazole rings is 1. The van der Waals surface area contributed by atoms with E-state index in [0.717, 1.165) is 57.0 Å². The Morgan fingerprint density at radius 3 is 2.56 bits per heavy atom. The maximum absolute atomic E-state index is 14.2. The monoisotopic (exact) mass is 532 g/mol. The highest BCUT2D eigenvalue weighted by Crippen LogP contribution is 2.34. The first kappa shape index (κ1) is 26.6. The molecule has 0 saturated carbocycles. The van der Waals surface area contributed by atoms with Crippen LogP contribution in [-0.4, -0.2) is 39.4 Å². The summed E-state index contributed by atoms with van der Waals surface area (Å²) in [5.41, 5.74) is 16.5. The number of nitrogens with one attached hydrogen (secondary N) is 1. The van der Waals surface area contributed by atoms with Crippen molar-refractivity contribution in [2.45, 2.75) is 52.5 Å². The highest BCUT2D eigenvalue weighted by atomic mass is 19.3. The molecule has 2 aromatic carbocycles. The molecule has 0 atom stereocenters. The molecule has 39 heavy (non-hydrogen) atoms. The molecule has 10 heteroatoms. The Balaban J connectivity index is 1.50. The first-order valence-corrected chi connectivity index (χ1v) is 13.2. The van der Waals surface area contributed by atoms with Gasteiger partial charge in [0, 0.05) is 36.3 Å². The number of piperidine rings is 1. The summed E-state index contributed by atoms with van der Waals surface area (Å²) in [6.45, 7) is 7.06. The average molecular weight is 533 g/mol. The molecule has 0 aliphatic carbocycles. The van der Waals surface area contributed by atoms with E-state index in [-0.39, 0.29) is 18.8 Å². The number of amidine groups is 1. The number of pyridine rings is 1. The van der Waals surface area contributed by atoms with E-state index in [9.17, 15) is 8.78 Å². The van der Waals surface area contributed by atoms with Crippen LogP contribution in [0.25, 0.3) is 22.3 Å². The number of rotatable bonds is 7. The van der Waals surface area contributed by atoms with E-state index >= 15 is 0 Å². The van der Waals surface area contributed by atoms with Crippen molar-refractivity contribution in [2.24, 2.45) is 16.7 Å². The second-order valence-corrected chi connectivity index (χ2v) is 10.2. The van der Waals surface area contributed by atoms with Gasteiger partial charge in [-0.1, -0.05) is 31.2 Å². The maximum Gasteiger partial charge on any atom is 0.265 e. The van der Waals surface area contributed by atoms with E-state index < -0.39 is 5.92 Å². The summed E-state index contributed by atoms with van der Waals surface area (Å²) >= 11 is 0. The molecule has 0 unspecified atom stereocenters. The van der Waals surface area contributed by atoms with Crippen LogP contribution in [0.1, 0.15) is 48.0 Å². The first-order chi connectivity index (χ1) is 18.7. The number of nitrogens with two attached hydrogens (primary N) is 2. The molecule has 4 aromatic rings. The highest BCUT2D eigenvalue weighted by Gasteiger charge is 2.35. The fourth-order valence-electron chi connectivity index (χ4n) is 5.36. The number of hydrogen-bond acceptors (Lipinski definition) is 6. The van der Waals surface area contributed by atoms with Crippen LogP contribution in [0.4, 0.5) is 14.5 Å². The lowest BCUT2D eigenvalue weighted by atomic mass is 9.96. The van der Waals surface area contributed by atoms with Crippen LogP contribution in [-0.2, 0) is 13.0 Å². The summed E-state index contributed by atoms with van der Waals surface area (Å²) < 4.78 is 30.5. The second-order valence-electron chi connectivity index (χ2n) is 10.2. The fourth-order valence-corrected chi connectivity index (χ4v) is 5.36. The van der Waals surface area contributed by atoms with Crippen molar-refractivity contribution in [3.8, 4) is 11.1 Å². The molecule has 2 aromatic heterocycles. The first-order valence-electron chi connectivity index (χ1n) is 13.2. The molecular formula is C29H34F2N8. The predicted molar refractivity (Wildman–Crippen MR) is 152 cm³/mol. The Kier molecular flexibility index (Phi) is 7.22. The van der Waals surface area contributed by atoms with Crippen molar-refractivity contribution in [3.05, 3.63) is 76.7 Å². The van der Waals surface area contributed by atoms with Crippen molar-refractivity contribution in [3.63, 3.8) is 0 Å². The zero-order valence-electron chi connectivity index (χ0n) is 22.5. The summed E-state index contributed by atoms with van der Waals surface area (Å²) in [7, 11) is 0. The van der Waals surface area contributed by atoms with E-state index in [0.29, 0.717) is 25.1 Å². The number of fused-ring (bicyclic) bond motifs is 1. The van der Waals surface area contributed by atoms with Crippen molar-refractivity contribution in [2.75, 3.05) is 18.0 Å². The normalized spacial score (nSPS) is 15.6. The lowest BCUT2D eigenvalue weighted by molar-refractivity contribution is -0.0116. The predicted octanol–water partition coefficient (Wildman–Crippen LogP) is 4.64. The topological polar surface area (TPSA) is 110 Å². The third kappa shape index (κ3) is 5.42. The standard InChI is InChI=1S/C29H34F2N8/c1-4-25-35-26-18(2)14-19(3)34-28(26)39(25)16-20-6-8-21(9-7-20)24-15-22(10-11-23(24)27(32)36-37-33)38-13-5-12-29(30,31)17-38/h6-11,14-15,37H,4-5,12-13,16-17,33H2,1-3H3,(H2,32,36). The molecule has 5 N–H and O–H groups in total. The minimum Gasteiger partial charge on any atom is -0.382 e. The number of aryl methyl sites for hydroxylation is 3. The largest absolute Gasteiger partial charge is 0.382 e. The van der Waals surface area contributed by atoms with Crippen LogP contribution < -0.4 is 22.0 Å². The number of hydrazone groups is 1. The van der Waals surface area contributed by atoms with Crippen molar-refractivity contribution >= 4 is 22.7 Å². The molecule has 0 amide bonds. The lowest BCUT2D eigenvalue weighted by Gasteiger charge is -2.34. The van der Waals surface area contributed by atoms with Crippen LogP contribution in [0, 0.1) is 13.8 Å². The SMILES string of the molecule is CCc1nc2c(C)cc(C)nc2n1Cc1ccc(-c2cc(N3CCCC(F)(F)C3)ccc2/C(N)=N/NN)cc1. The van der Waals surface area contributed by atoms with Gasteiger partial charge in [-0.05, 0) is 66.8 Å². The van der Waals surface area contributed by atoms with Crippen molar-refractivity contribution in [1.29, 1.82) is 0 Å². The number of anilines is 1. The van der Waals surface area contributed by atoms with Gasteiger partial charge in [0.05, 0.1) is 13.1 Å². The van der Waals surface area contributed by atoms with Gasteiger partial charge in [-0.3, -0.25) is 0 Å². The highest BCUT2D eigenvalue weighted by molar-refractivity contribution is 6.04. The summed E-state index contributed by atoms with van der Waals surface area (Å²) in [4.78, 5) is 11.4. The number of aromatic nitrogens is 3. The fraction of sp³-hybridized carbons (Fsp3) is 0.345. The maximum atomic E-state index is 14.2. The van der Waals surface area contributed by atoms with Crippen LogP contribution in [0.3, 0.4) is 0 Å². The van der Waals surface area contributed by atoms with Crippen LogP contribution in [0.2, 0.25) is 0 Å². The third-order valence-electron chi connectivity index (χ3n) is 7.24. The van der Waals surface area contributed by atoms with Gasteiger partial charge in [0.2, 0.25) is 0 Å². The minimum atomic E-state index is -2.70. The van der Waals surface area contributed by atoms with Gasteiger partial charge >= 0.3 is 0 Å². The van der Waals surface area contributed by atoms with Crippen molar-refractivity contribution in [1.82, 2.24) is 20.1 Å². The van der Waals surface area contributed by atoms with Crippen LogP contribution in [0.5, 0.6) is 0 Å². The molecule has 1 saturated heterocycles. The number of hydrogen-bond donors (Lipinski definition) is 3. The lowest BCUT2D eigenvalue weighted by Crippen LogP contribution is -2.42. The summed E-state index contributed by atoms with van der Waals surface area (Å²) in [6.07, 6.45) is 1.15. The molecule has 1 fully saturated rings. The molecule has 1 aliphatic heterocycles. The van der Waals surface area contributed by atoms with Gasteiger partial charge in [-0.15, -0.1) is 5.10 Å². The van der Waals surface area contributed by atoms with E-state index in [1.807, 2.05) is 31.2 Å². The Morgan fingerprint density at radius 2 is 1.87 bits per heavy atom. The van der Waals surface area contributed by atoms with Crippen LogP contribution >= 0.6 is 0 Å². The van der Waals surface area contributed by atoms with E-state index in [1.165, 1.54) is 0 Å². The van der Waals surface area contributed by atoms with Gasteiger partial charge < -0.3 is 15.2 Å². The summed E-state index contributed by atoms with van der Waals surface area (Å²) in [5, 5.41) is 3.95. The van der Waals surface area contributed by atoms with E-state index in [1.54, 1.807) is 11.0 Å². The average Bonchev–Trinajstić information content (AvgIpc) is 3.26. The zero-order chi connectivity index (χ0) is 27.7. The summed E-state index contributed by atoms with van der Waals surface area (Å²) in [6, 6.07) is 15.7. The molecule has 204 valence electrons. The Morgan fingerprint density at radius 1 is 1.10 bits per heavy atom. The van der Waals surface area contributed by atoms with Crippen molar-refractivity contribution < 1.29 is 8.78 Å². The molecule has 0 radical (unpaired) electrons. The number of hydrazine groups is 1. The van der Waals surface area contributed by atoms with Gasteiger partial charge in [-0.25, -0.2) is 30.1 Å². The Bertz CT molecular complexity index is 1520. The zero-order valence-corrected chi connectivity index (χ0v) is 22.5. The minimum absolute atomic E-state index is 0.0850. The van der Waals surface area contributed by atoms with E-state index in [4.69, 9.17) is 21.5 Å². The molecule has 5 rings (SSSR count). The number of halogens is 2. The molecule has 0 bridgehead atoms. The summed E-state index contributed by atoms with van der Waals surface area (Å²) in [5.74, 6) is 3.87. The molecule has 0 spiro atoms. The van der Waals surface area contributed by atoms with E-state index in [2.05, 4.69) is 47.2 Å².